The standard InChI is InChI=1S/C50H64F6N8O8/c1-28(2)21-35-45(68)61(7)31(6)48(71)72-41(15-12-20-57)44(67)60-37(25-50(54,55)56)47(70)62(8)39(22-29(3)4)42(65)59-36(24-49(51,52)53)46(69)63(9)40(43(66)58-35)23-33-27-64(38-14-11-10-13-34(33)38)26-32-18-16-30(5)17-19-32/h10-11,13-14,16-19,27-29,31,35-37,39-41H,12,15,21-26H2,1-9H3,(H,58,66)(H,59,65)(H,60,67)/t31-,35-,36-,37-,39-,40-,41+/m0/s1. The highest BCUT2D eigenvalue weighted by molar-refractivity contribution is 5.98. The third-order valence-electron chi connectivity index (χ3n) is 12.4. The number of likely N-dealkylation sites (N-methyl/N-ethyl adjacent to an activating group) is 3. The second-order valence-corrected chi connectivity index (χ2v) is 19.2. The summed E-state index contributed by atoms with van der Waals surface area (Å²) in [5.74, 6) is -9.77. The van der Waals surface area contributed by atoms with E-state index in [2.05, 4.69) is 10.6 Å². The first-order valence-electron chi connectivity index (χ1n) is 23.6. The van der Waals surface area contributed by atoms with E-state index in [9.17, 15) is 65.2 Å². The van der Waals surface area contributed by atoms with Gasteiger partial charge in [0.1, 0.15) is 36.3 Å². The van der Waals surface area contributed by atoms with Crippen LogP contribution in [0, 0.1) is 30.1 Å². The highest BCUT2D eigenvalue weighted by atomic mass is 19.4. The molecule has 16 nitrogen and oxygen atoms in total. The molecule has 1 saturated heterocycles. The number of carbonyl (C=O) groups excluding carboxylic acids is 7. The van der Waals surface area contributed by atoms with Crippen molar-refractivity contribution in [2.45, 2.75) is 148 Å². The lowest BCUT2D eigenvalue weighted by Gasteiger charge is -2.35. The minimum Gasteiger partial charge on any atom is -0.451 e. The van der Waals surface area contributed by atoms with Crippen molar-refractivity contribution in [3.05, 3.63) is 71.4 Å². The van der Waals surface area contributed by atoms with Crippen LogP contribution < -0.4 is 16.0 Å². The third-order valence-corrected chi connectivity index (χ3v) is 12.4. The predicted octanol–water partition coefficient (Wildman–Crippen LogP) is 5.72. The van der Waals surface area contributed by atoms with Gasteiger partial charge < -0.3 is 40.0 Å². The van der Waals surface area contributed by atoms with E-state index in [0.29, 0.717) is 27.9 Å². The number of alkyl halides is 6. The van der Waals surface area contributed by atoms with E-state index in [-0.39, 0.29) is 25.2 Å². The van der Waals surface area contributed by atoms with Crippen LogP contribution in [-0.4, -0.2) is 137 Å². The molecule has 1 aliphatic rings. The Labute approximate surface area is 414 Å². The molecule has 394 valence electrons. The molecule has 2 heterocycles. The zero-order chi connectivity index (χ0) is 54.0. The number of para-hydroxylation sites is 1. The van der Waals surface area contributed by atoms with Gasteiger partial charge in [-0.3, -0.25) is 28.8 Å². The van der Waals surface area contributed by atoms with Crippen molar-refractivity contribution >= 4 is 52.3 Å². The van der Waals surface area contributed by atoms with Crippen molar-refractivity contribution in [2.75, 3.05) is 21.1 Å². The van der Waals surface area contributed by atoms with Crippen LogP contribution in [0.4, 0.5) is 26.3 Å². The Hall–Kier alpha value is -6.66. The van der Waals surface area contributed by atoms with Gasteiger partial charge in [-0.1, -0.05) is 75.7 Å². The van der Waals surface area contributed by atoms with Gasteiger partial charge >= 0.3 is 18.3 Å². The van der Waals surface area contributed by atoms with E-state index in [4.69, 9.17) is 4.74 Å². The lowest BCUT2D eigenvalue weighted by molar-refractivity contribution is -0.166. The summed E-state index contributed by atoms with van der Waals surface area (Å²) in [5, 5.41) is 16.6. The largest absolute Gasteiger partial charge is 0.451 e. The summed E-state index contributed by atoms with van der Waals surface area (Å²) in [5.41, 5.74) is 3.12. The van der Waals surface area contributed by atoms with Crippen molar-refractivity contribution in [1.82, 2.24) is 35.2 Å². The Morgan fingerprint density at radius 3 is 1.72 bits per heavy atom. The number of amides is 6. The quantitative estimate of drug-likeness (QED) is 0.150. The number of aryl methyl sites for hydroxylation is 1. The number of aromatic nitrogens is 1. The van der Waals surface area contributed by atoms with Crippen molar-refractivity contribution in [3.8, 4) is 6.07 Å². The van der Waals surface area contributed by atoms with E-state index in [1.165, 1.54) is 14.0 Å². The molecule has 0 saturated carbocycles. The van der Waals surface area contributed by atoms with Crippen LogP contribution in [0.3, 0.4) is 0 Å². The summed E-state index contributed by atoms with van der Waals surface area (Å²) in [7, 11) is 3.13. The van der Waals surface area contributed by atoms with Crippen LogP contribution in [0.15, 0.2) is 54.7 Å². The van der Waals surface area contributed by atoms with Crippen molar-refractivity contribution < 1.29 is 64.6 Å². The number of nitrogens with one attached hydrogen (secondary N) is 3. The monoisotopic (exact) mass is 1020 g/mol. The molecule has 2 aromatic carbocycles. The minimum atomic E-state index is -5.15. The first-order chi connectivity index (χ1) is 33.5. The molecule has 0 spiro atoms. The number of ether oxygens (including phenoxy) is 1. The van der Waals surface area contributed by atoms with Crippen LogP contribution in [0.1, 0.15) is 89.8 Å². The first-order valence-corrected chi connectivity index (χ1v) is 23.6. The van der Waals surface area contributed by atoms with Crippen molar-refractivity contribution in [3.63, 3.8) is 0 Å². The number of hydrogen-bond donors (Lipinski definition) is 3. The Morgan fingerprint density at radius 2 is 1.18 bits per heavy atom. The van der Waals surface area contributed by atoms with Gasteiger partial charge in [-0.15, -0.1) is 0 Å². The zero-order valence-electron chi connectivity index (χ0n) is 41.8. The minimum absolute atomic E-state index is 0.0732. The van der Waals surface area contributed by atoms with Gasteiger partial charge in [-0.2, -0.15) is 31.6 Å². The summed E-state index contributed by atoms with van der Waals surface area (Å²) < 4.78 is 93.3. The van der Waals surface area contributed by atoms with Crippen LogP contribution >= 0.6 is 0 Å². The summed E-state index contributed by atoms with van der Waals surface area (Å²) in [6.07, 6.45) is -16.4. The summed E-state index contributed by atoms with van der Waals surface area (Å²) in [6.45, 7) is 10.0. The molecule has 3 aromatic rings. The van der Waals surface area contributed by atoms with Crippen molar-refractivity contribution in [2.24, 2.45) is 11.8 Å². The summed E-state index contributed by atoms with van der Waals surface area (Å²) in [6, 6.07) is 5.08. The molecule has 7 atom stereocenters. The van der Waals surface area contributed by atoms with Crippen LogP contribution in [-0.2, 0) is 51.3 Å². The van der Waals surface area contributed by atoms with Gasteiger partial charge in [0, 0.05) is 64.1 Å². The van der Waals surface area contributed by atoms with Gasteiger partial charge in [-0.25, -0.2) is 4.79 Å². The number of benzene rings is 2. The van der Waals surface area contributed by atoms with Gasteiger partial charge in [0.05, 0.1) is 18.9 Å². The number of cyclic esters (lactones) is 1. The molecule has 4 rings (SSSR count). The normalized spacial score (nSPS) is 23.2. The molecule has 72 heavy (non-hydrogen) atoms. The Balaban J connectivity index is 1.95. The average molecular weight is 1020 g/mol. The fourth-order valence-corrected chi connectivity index (χ4v) is 8.44. The Morgan fingerprint density at radius 1 is 0.681 bits per heavy atom. The molecule has 0 radical (unpaired) electrons. The topological polar surface area (TPSA) is 203 Å². The summed E-state index contributed by atoms with van der Waals surface area (Å²) in [4.78, 5) is 102. The lowest BCUT2D eigenvalue weighted by atomic mass is 9.98. The van der Waals surface area contributed by atoms with Gasteiger partial charge in [0.15, 0.2) is 6.10 Å². The van der Waals surface area contributed by atoms with E-state index in [1.807, 2.05) is 47.1 Å². The molecule has 1 aromatic heterocycles. The van der Waals surface area contributed by atoms with Crippen LogP contribution in [0.5, 0.6) is 0 Å². The number of carbonyl (C=O) groups is 7. The second kappa shape index (κ2) is 24.6. The molecule has 22 heteroatoms. The Kier molecular flexibility index (Phi) is 19.8. The van der Waals surface area contributed by atoms with E-state index in [1.54, 1.807) is 58.2 Å². The number of nitrogens with zero attached hydrogens (tertiary/aromatic N) is 5. The summed E-state index contributed by atoms with van der Waals surface area (Å²) >= 11 is 0. The van der Waals surface area contributed by atoms with Gasteiger partial charge in [-0.05, 0) is 55.7 Å². The number of fused-ring (bicyclic) bond motifs is 1. The van der Waals surface area contributed by atoms with Crippen molar-refractivity contribution in [1.29, 1.82) is 5.26 Å². The molecule has 0 aliphatic carbocycles. The highest BCUT2D eigenvalue weighted by Gasteiger charge is 2.45. The highest BCUT2D eigenvalue weighted by Crippen LogP contribution is 2.29. The van der Waals surface area contributed by atoms with Crippen LogP contribution in [0.25, 0.3) is 10.9 Å². The molecule has 0 unspecified atom stereocenters. The lowest BCUT2D eigenvalue weighted by Crippen LogP contribution is -2.61. The van der Waals surface area contributed by atoms with E-state index < -0.39 is 128 Å². The molecule has 6 amide bonds. The predicted molar refractivity (Wildman–Crippen MR) is 252 cm³/mol. The zero-order valence-corrected chi connectivity index (χ0v) is 41.8. The molecule has 1 aliphatic heterocycles. The maximum atomic E-state index is 14.9. The molecule has 0 bridgehead atoms. The average Bonchev–Trinajstić information content (AvgIpc) is 3.64. The fraction of sp³-hybridized carbons (Fsp3) is 0.560. The Bertz CT molecular complexity index is 2470. The van der Waals surface area contributed by atoms with Gasteiger partial charge in [0.2, 0.25) is 29.5 Å². The molecular formula is C50H64F6N8O8. The fourth-order valence-electron chi connectivity index (χ4n) is 8.44. The first kappa shape index (κ1) is 57.9. The number of hydrogen-bond acceptors (Lipinski definition) is 9. The number of nitriles is 1. The van der Waals surface area contributed by atoms with E-state index in [0.717, 1.165) is 35.0 Å². The molecular weight excluding hydrogens is 955 g/mol. The van der Waals surface area contributed by atoms with Gasteiger partial charge in [0.25, 0.3) is 5.91 Å². The smallest absolute Gasteiger partial charge is 0.391 e. The second-order valence-electron chi connectivity index (χ2n) is 19.2. The molecule has 1 fully saturated rings. The maximum absolute atomic E-state index is 14.9. The number of rotatable bonds is 12. The van der Waals surface area contributed by atoms with E-state index >= 15 is 0 Å². The SMILES string of the molecule is Cc1ccc(Cn2cc(C[C@H]3C(=O)N[C@@H](CC(C)C)C(=O)N(C)[C@@H](C)C(=O)O[C@H](CCC#N)C(=O)N[C@@H](CC(F)(F)F)C(=O)N(C)[C@@H](CC(C)C)C(=O)N[C@@H](CC(F)(F)F)C(=O)N3C)c3ccccc32)cc1. The molecule has 3 N–H and O–H groups in total. The third kappa shape index (κ3) is 15.9. The maximum Gasteiger partial charge on any atom is 0.391 e. The van der Waals surface area contributed by atoms with Crippen LogP contribution in [0.2, 0.25) is 0 Å². The number of esters is 1. The number of halogens is 6.